The average Bonchev–Trinajstić information content (AvgIpc) is 2.90. The summed E-state index contributed by atoms with van der Waals surface area (Å²) >= 11 is 0. The van der Waals surface area contributed by atoms with Crippen LogP contribution >= 0.6 is 0 Å². The molecule has 0 saturated heterocycles. The molecule has 0 N–H and O–H groups in total. The highest BCUT2D eigenvalue weighted by molar-refractivity contribution is 5.34. The van der Waals surface area contributed by atoms with Gasteiger partial charge in [-0.1, -0.05) is 31.5 Å². The quantitative estimate of drug-likeness (QED) is 0.208. The standard InChI is InChI=1S/C30H31F5O2/c1-3-4-15-36-26-14-10-21(28(33)30(26)35)17-37-22-11-13-23(25(31)16-22)19-6-8-20(9-7-19)24-12-5-18(2)27(32)29(24)34/h5,10-14,16,19-20H,3-4,6-9,15,17H2,1-2H3. The predicted octanol–water partition coefficient (Wildman–Crippen LogP) is 8.89. The second kappa shape index (κ2) is 12.0. The van der Waals surface area contributed by atoms with E-state index in [0.29, 0.717) is 43.4 Å². The van der Waals surface area contributed by atoms with Gasteiger partial charge < -0.3 is 9.47 Å². The van der Waals surface area contributed by atoms with Gasteiger partial charge in [0.25, 0.3) is 0 Å². The van der Waals surface area contributed by atoms with E-state index in [1.54, 1.807) is 24.3 Å². The molecule has 0 amide bonds. The first kappa shape index (κ1) is 27.0. The van der Waals surface area contributed by atoms with Crippen LogP contribution in [0.4, 0.5) is 22.0 Å². The molecule has 1 aliphatic rings. The SMILES string of the molecule is CCCCOc1ccc(COc2ccc(C3CCC(c4ccc(C)c(F)c4F)CC3)c(F)c2)c(F)c1F. The van der Waals surface area contributed by atoms with Crippen LogP contribution in [0.15, 0.2) is 42.5 Å². The molecule has 0 bridgehead atoms. The number of unbranched alkanes of at least 4 members (excludes halogenated alkanes) is 1. The van der Waals surface area contributed by atoms with E-state index in [1.807, 2.05) is 6.92 Å². The topological polar surface area (TPSA) is 18.5 Å². The van der Waals surface area contributed by atoms with Gasteiger partial charge in [-0.3, -0.25) is 0 Å². The molecule has 37 heavy (non-hydrogen) atoms. The zero-order valence-electron chi connectivity index (χ0n) is 21.1. The van der Waals surface area contributed by atoms with E-state index in [0.717, 1.165) is 12.8 Å². The van der Waals surface area contributed by atoms with Crippen molar-refractivity contribution < 1.29 is 31.4 Å². The van der Waals surface area contributed by atoms with Crippen molar-refractivity contribution in [3.8, 4) is 11.5 Å². The first-order valence-electron chi connectivity index (χ1n) is 12.8. The van der Waals surface area contributed by atoms with Gasteiger partial charge in [0.05, 0.1) is 6.61 Å². The number of benzene rings is 3. The van der Waals surface area contributed by atoms with E-state index >= 15 is 0 Å². The Balaban J connectivity index is 1.36. The lowest BCUT2D eigenvalue weighted by atomic mass is 9.76. The molecule has 0 spiro atoms. The summed E-state index contributed by atoms with van der Waals surface area (Å²) in [5.74, 6) is -4.24. The second-order valence-corrected chi connectivity index (χ2v) is 9.67. The van der Waals surface area contributed by atoms with Crippen molar-refractivity contribution in [2.24, 2.45) is 0 Å². The van der Waals surface area contributed by atoms with Gasteiger partial charge in [0.15, 0.2) is 23.2 Å². The Bertz CT molecular complexity index is 1240. The van der Waals surface area contributed by atoms with E-state index in [1.165, 1.54) is 25.1 Å². The molecule has 1 fully saturated rings. The molecular formula is C30H31F5O2. The van der Waals surface area contributed by atoms with Gasteiger partial charge in [0.2, 0.25) is 5.82 Å². The maximum Gasteiger partial charge on any atom is 0.201 e. The van der Waals surface area contributed by atoms with Crippen LogP contribution in [0.5, 0.6) is 11.5 Å². The molecule has 0 atom stereocenters. The fourth-order valence-corrected chi connectivity index (χ4v) is 4.90. The Morgan fingerprint density at radius 3 is 2.08 bits per heavy atom. The minimum absolute atomic E-state index is 0.00271. The Hall–Kier alpha value is -3.09. The molecular weight excluding hydrogens is 487 g/mol. The van der Waals surface area contributed by atoms with Crippen molar-refractivity contribution in [1.82, 2.24) is 0 Å². The molecule has 0 unspecified atom stereocenters. The smallest absolute Gasteiger partial charge is 0.201 e. The molecule has 3 aromatic carbocycles. The highest BCUT2D eigenvalue weighted by Crippen LogP contribution is 2.42. The molecule has 0 heterocycles. The summed E-state index contributed by atoms with van der Waals surface area (Å²) in [5, 5.41) is 0. The average molecular weight is 519 g/mol. The van der Waals surface area contributed by atoms with E-state index in [4.69, 9.17) is 9.47 Å². The van der Waals surface area contributed by atoms with Gasteiger partial charge in [-0.2, -0.15) is 4.39 Å². The van der Waals surface area contributed by atoms with Gasteiger partial charge in [0.1, 0.15) is 18.2 Å². The van der Waals surface area contributed by atoms with Crippen LogP contribution in [0.2, 0.25) is 0 Å². The lowest BCUT2D eigenvalue weighted by Crippen LogP contribution is -2.15. The maximum absolute atomic E-state index is 14.9. The number of hydrogen-bond acceptors (Lipinski definition) is 2. The van der Waals surface area contributed by atoms with Crippen LogP contribution in [0.25, 0.3) is 0 Å². The van der Waals surface area contributed by atoms with Gasteiger partial charge in [-0.05, 0) is 85.8 Å². The predicted molar refractivity (Wildman–Crippen MR) is 133 cm³/mol. The molecule has 4 rings (SSSR count). The summed E-state index contributed by atoms with van der Waals surface area (Å²) in [4.78, 5) is 0. The van der Waals surface area contributed by atoms with Crippen LogP contribution in [0.1, 0.15) is 79.5 Å². The summed E-state index contributed by atoms with van der Waals surface area (Å²) < 4.78 is 82.8. The molecule has 1 saturated carbocycles. The van der Waals surface area contributed by atoms with E-state index in [2.05, 4.69) is 0 Å². The summed E-state index contributed by atoms with van der Waals surface area (Å²) in [6, 6.07) is 10.5. The molecule has 1 aliphatic carbocycles. The molecule has 3 aromatic rings. The molecule has 0 radical (unpaired) electrons. The fraction of sp³-hybridized carbons (Fsp3) is 0.400. The lowest BCUT2D eigenvalue weighted by Gasteiger charge is -2.29. The maximum atomic E-state index is 14.9. The van der Waals surface area contributed by atoms with E-state index in [9.17, 15) is 22.0 Å². The minimum atomic E-state index is -1.07. The van der Waals surface area contributed by atoms with Crippen molar-refractivity contribution in [3.05, 3.63) is 93.8 Å². The largest absolute Gasteiger partial charge is 0.490 e. The molecule has 2 nitrogen and oxygen atoms in total. The van der Waals surface area contributed by atoms with Gasteiger partial charge in [-0.15, -0.1) is 0 Å². The Morgan fingerprint density at radius 1 is 0.730 bits per heavy atom. The van der Waals surface area contributed by atoms with Crippen molar-refractivity contribution in [3.63, 3.8) is 0 Å². The lowest BCUT2D eigenvalue weighted by molar-refractivity contribution is 0.278. The van der Waals surface area contributed by atoms with Crippen molar-refractivity contribution in [1.29, 1.82) is 0 Å². The number of rotatable bonds is 9. The fourth-order valence-electron chi connectivity index (χ4n) is 4.90. The van der Waals surface area contributed by atoms with Crippen molar-refractivity contribution in [2.75, 3.05) is 6.61 Å². The Kier molecular flexibility index (Phi) is 8.72. The Labute approximate surface area is 214 Å². The monoisotopic (exact) mass is 518 g/mol. The van der Waals surface area contributed by atoms with Crippen LogP contribution in [0, 0.1) is 36.0 Å². The third-order valence-electron chi connectivity index (χ3n) is 7.16. The van der Waals surface area contributed by atoms with Gasteiger partial charge >= 0.3 is 0 Å². The summed E-state index contributed by atoms with van der Waals surface area (Å²) in [6.45, 7) is 3.54. The minimum Gasteiger partial charge on any atom is -0.490 e. The highest BCUT2D eigenvalue weighted by atomic mass is 19.2. The zero-order valence-corrected chi connectivity index (χ0v) is 21.1. The van der Waals surface area contributed by atoms with Crippen molar-refractivity contribution >= 4 is 0 Å². The molecule has 0 aliphatic heterocycles. The number of hydrogen-bond donors (Lipinski definition) is 0. The molecule has 7 heteroatoms. The van der Waals surface area contributed by atoms with E-state index in [-0.39, 0.29) is 41.1 Å². The third-order valence-corrected chi connectivity index (χ3v) is 7.16. The first-order chi connectivity index (χ1) is 17.8. The summed E-state index contributed by atoms with van der Waals surface area (Å²) in [5.41, 5.74) is 1.20. The van der Waals surface area contributed by atoms with Crippen LogP contribution in [-0.2, 0) is 6.61 Å². The van der Waals surface area contributed by atoms with Crippen LogP contribution in [-0.4, -0.2) is 6.61 Å². The Morgan fingerprint density at radius 2 is 1.41 bits per heavy atom. The highest BCUT2D eigenvalue weighted by Gasteiger charge is 2.28. The van der Waals surface area contributed by atoms with Gasteiger partial charge in [-0.25, -0.2) is 17.6 Å². The summed E-state index contributed by atoms with van der Waals surface area (Å²) in [7, 11) is 0. The number of aryl methyl sites for hydroxylation is 1. The summed E-state index contributed by atoms with van der Waals surface area (Å²) in [6.07, 6.45) is 4.17. The molecule has 198 valence electrons. The number of halogens is 5. The normalized spacial score (nSPS) is 17.6. The van der Waals surface area contributed by atoms with Crippen molar-refractivity contribution in [2.45, 2.75) is 70.8 Å². The molecule has 0 aromatic heterocycles. The van der Waals surface area contributed by atoms with E-state index < -0.39 is 29.1 Å². The number of ether oxygens (including phenoxy) is 2. The third kappa shape index (κ3) is 6.08. The van der Waals surface area contributed by atoms with Crippen LogP contribution < -0.4 is 9.47 Å². The van der Waals surface area contributed by atoms with Gasteiger partial charge in [0, 0.05) is 11.6 Å². The van der Waals surface area contributed by atoms with Crippen LogP contribution in [0.3, 0.4) is 0 Å². The zero-order chi connectivity index (χ0) is 26.5. The second-order valence-electron chi connectivity index (χ2n) is 9.67. The first-order valence-corrected chi connectivity index (χ1v) is 12.8.